The number of nitrogens with zero attached hydrogens (tertiary/aromatic N) is 3. The molecule has 38 heavy (non-hydrogen) atoms. The first-order valence-corrected chi connectivity index (χ1v) is 14.7. The van der Waals surface area contributed by atoms with E-state index in [1.807, 2.05) is 36.6 Å². The van der Waals surface area contributed by atoms with Gasteiger partial charge >= 0.3 is 5.97 Å². The van der Waals surface area contributed by atoms with E-state index >= 15 is 0 Å². The van der Waals surface area contributed by atoms with Gasteiger partial charge in [-0.25, -0.2) is 4.79 Å². The van der Waals surface area contributed by atoms with Gasteiger partial charge in [0.05, 0.1) is 17.9 Å². The van der Waals surface area contributed by atoms with Gasteiger partial charge in [-0.2, -0.15) is 0 Å². The third-order valence-corrected chi connectivity index (χ3v) is 8.47. The molecule has 0 aliphatic heterocycles. The number of amides is 1. The Balaban J connectivity index is 1.44. The zero-order chi connectivity index (χ0) is 27.1. The molecule has 0 atom stereocenters. The highest BCUT2D eigenvalue weighted by Crippen LogP contribution is 2.38. The van der Waals surface area contributed by atoms with Crippen molar-refractivity contribution in [1.82, 2.24) is 14.8 Å². The smallest absolute Gasteiger partial charge is 0.341 e. The zero-order valence-corrected chi connectivity index (χ0v) is 23.8. The average molecular weight is 555 g/mol. The van der Waals surface area contributed by atoms with Crippen LogP contribution in [0.3, 0.4) is 0 Å². The summed E-state index contributed by atoms with van der Waals surface area (Å²) in [5.41, 5.74) is 3.72. The van der Waals surface area contributed by atoms with E-state index in [-0.39, 0.29) is 24.2 Å². The lowest BCUT2D eigenvalue weighted by Crippen LogP contribution is -2.17. The van der Waals surface area contributed by atoms with E-state index in [1.54, 1.807) is 13.0 Å². The van der Waals surface area contributed by atoms with E-state index in [2.05, 4.69) is 22.1 Å². The number of esters is 1. The second-order valence-electron chi connectivity index (χ2n) is 9.18. The van der Waals surface area contributed by atoms with Crippen LogP contribution in [0.1, 0.15) is 63.9 Å². The van der Waals surface area contributed by atoms with E-state index in [0.29, 0.717) is 34.7 Å². The standard InChI is InChI=1S/C28H34N4O4S2/c1-5-14-32-23(16-36-21-15-18(3)12-13-19(21)4)30-31-28(32)37-17-24(33)29-26-25(27(34)35-6-2)20-10-8-7-9-11-22(20)38-26/h5,12-13,15H,1,6-11,14,16-17H2,2-4H3,(H,29,33). The van der Waals surface area contributed by atoms with Crippen molar-refractivity contribution >= 4 is 40.0 Å². The summed E-state index contributed by atoms with van der Waals surface area (Å²) < 4.78 is 13.2. The Morgan fingerprint density at radius 2 is 2.03 bits per heavy atom. The molecule has 0 bridgehead atoms. The summed E-state index contributed by atoms with van der Waals surface area (Å²) >= 11 is 2.78. The van der Waals surface area contributed by atoms with Gasteiger partial charge in [0.25, 0.3) is 0 Å². The van der Waals surface area contributed by atoms with Crippen molar-refractivity contribution in [2.75, 3.05) is 17.7 Å². The summed E-state index contributed by atoms with van der Waals surface area (Å²) in [7, 11) is 0. The second kappa shape index (κ2) is 13.1. The zero-order valence-electron chi connectivity index (χ0n) is 22.2. The first kappa shape index (κ1) is 27.9. The van der Waals surface area contributed by atoms with Crippen molar-refractivity contribution < 1.29 is 19.1 Å². The molecule has 1 aliphatic rings. The first-order valence-electron chi connectivity index (χ1n) is 12.9. The Hall–Kier alpha value is -3.11. The largest absolute Gasteiger partial charge is 0.485 e. The van der Waals surface area contributed by atoms with Crippen molar-refractivity contribution in [2.24, 2.45) is 0 Å². The van der Waals surface area contributed by atoms with Crippen molar-refractivity contribution in [3.63, 3.8) is 0 Å². The number of carbonyl (C=O) groups excluding carboxylic acids is 2. The Kier molecular flexibility index (Phi) is 9.63. The summed E-state index contributed by atoms with van der Waals surface area (Å²) in [4.78, 5) is 26.9. The van der Waals surface area contributed by atoms with Crippen LogP contribution >= 0.6 is 23.1 Å². The molecule has 1 N–H and O–H groups in total. The minimum absolute atomic E-state index is 0.123. The molecule has 0 spiro atoms. The van der Waals surface area contributed by atoms with Crippen LogP contribution in [0.15, 0.2) is 36.0 Å². The van der Waals surface area contributed by atoms with Crippen molar-refractivity contribution in [2.45, 2.75) is 71.2 Å². The number of ether oxygens (including phenoxy) is 2. The van der Waals surface area contributed by atoms with Crippen molar-refractivity contribution in [3.05, 3.63) is 63.8 Å². The molecule has 8 nitrogen and oxygen atoms in total. The van der Waals surface area contributed by atoms with Crippen LogP contribution in [0.5, 0.6) is 5.75 Å². The number of benzene rings is 1. The average Bonchev–Trinajstić information content (AvgIpc) is 3.35. The molecule has 0 saturated carbocycles. The molecule has 1 aliphatic carbocycles. The van der Waals surface area contributed by atoms with E-state index in [0.717, 1.165) is 54.5 Å². The normalized spacial score (nSPS) is 12.9. The molecule has 1 amide bonds. The van der Waals surface area contributed by atoms with Gasteiger partial charge in [0.1, 0.15) is 17.4 Å². The molecule has 0 unspecified atom stereocenters. The van der Waals surface area contributed by atoms with Crippen LogP contribution in [-0.2, 0) is 35.5 Å². The maximum absolute atomic E-state index is 13.0. The number of hydrogen-bond donors (Lipinski definition) is 1. The molecule has 4 rings (SSSR count). The number of anilines is 1. The lowest BCUT2D eigenvalue weighted by molar-refractivity contribution is -0.113. The number of rotatable bonds is 11. The Morgan fingerprint density at radius 3 is 2.82 bits per heavy atom. The number of fused-ring (bicyclic) bond motifs is 1. The van der Waals surface area contributed by atoms with Gasteiger partial charge < -0.3 is 14.8 Å². The van der Waals surface area contributed by atoms with Crippen molar-refractivity contribution in [3.8, 4) is 5.75 Å². The molecule has 3 aromatic rings. The van der Waals surface area contributed by atoms with Gasteiger partial charge in [0.2, 0.25) is 5.91 Å². The van der Waals surface area contributed by atoms with Gasteiger partial charge in [-0.1, -0.05) is 36.4 Å². The number of nitrogens with one attached hydrogen (secondary N) is 1. The number of carbonyl (C=O) groups is 2. The number of allylic oxidation sites excluding steroid dienone is 1. The lowest BCUT2D eigenvalue weighted by atomic mass is 10.1. The van der Waals surface area contributed by atoms with Crippen LogP contribution in [0.25, 0.3) is 0 Å². The minimum Gasteiger partial charge on any atom is -0.485 e. The first-order chi connectivity index (χ1) is 18.4. The summed E-state index contributed by atoms with van der Waals surface area (Å²) in [6.07, 6.45) is 6.79. The van der Waals surface area contributed by atoms with Gasteiger partial charge in [0.15, 0.2) is 11.0 Å². The molecule has 2 heterocycles. The fourth-order valence-electron chi connectivity index (χ4n) is 4.39. The molecule has 2 aromatic heterocycles. The van der Waals surface area contributed by atoms with Gasteiger partial charge in [0, 0.05) is 11.4 Å². The van der Waals surface area contributed by atoms with Gasteiger partial charge in [-0.15, -0.1) is 28.1 Å². The molecular weight excluding hydrogens is 520 g/mol. The quantitative estimate of drug-likeness (QED) is 0.136. The molecule has 202 valence electrons. The highest BCUT2D eigenvalue weighted by atomic mass is 32.2. The lowest BCUT2D eigenvalue weighted by Gasteiger charge is -2.11. The van der Waals surface area contributed by atoms with E-state index in [9.17, 15) is 9.59 Å². The number of thioether (sulfide) groups is 1. The predicted molar refractivity (Wildman–Crippen MR) is 151 cm³/mol. The SMILES string of the molecule is C=CCn1c(COc2cc(C)ccc2C)nnc1SCC(=O)Nc1sc2c(c1C(=O)OCC)CCCCC2. The topological polar surface area (TPSA) is 95.3 Å². The molecule has 1 aromatic carbocycles. The molecular formula is C28H34N4O4S2. The fourth-order valence-corrected chi connectivity index (χ4v) is 6.45. The Morgan fingerprint density at radius 1 is 1.21 bits per heavy atom. The van der Waals surface area contributed by atoms with Gasteiger partial charge in [-0.3, -0.25) is 9.36 Å². The van der Waals surface area contributed by atoms with Crippen LogP contribution in [0.2, 0.25) is 0 Å². The third kappa shape index (κ3) is 6.66. The van der Waals surface area contributed by atoms with E-state index in [4.69, 9.17) is 9.47 Å². The second-order valence-corrected chi connectivity index (χ2v) is 11.2. The van der Waals surface area contributed by atoms with Crippen molar-refractivity contribution in [1.29, 1.82) is 0 Å². The highest BCUT2D eigenvalue weighted by molar-refractivity contribution is 7.99. The number of thiophene rings is 1. The highest BCUT2D eigenvalue weighted by Gasteiger charge is 2.27. The van der Waals surface area contributed by atoms with Crippen LogP contribution in [0, 0.1) is 13.8 Å². The fraction of sp³-hybridized carbons (Fsp3) is 0.429. The number of hydrogen-bond acceptors (Lipinski definition) is 8. The van der Waals surface area contributed by atoms with E-state index in [1.165, 1.54) is 28.0 Å². The number of aryl methyl sites for hydroxylation is 3. The maximum atomic E-state index is 13.0. The predicted octanol–water partition coefficient (Wildman–Crippen LogP) is 5.90. The van der Waals surface area contributed by atoms with E-state index < -0.39 is 0 Å². The molecule has 0 saturated heterocycles. The summed E-state index contributed by atoms with van der Waals surface area (Å²) in [5, 5.41) is 12.8. The molecule has 10 heteroatoms. The molecule has 0 radical (unpaired) electrons. The summed E-state index contributed by atoms with van der Waals surface area (Å²) in [6.45, 7) is 10.7. The third-order valence-electron chi connectivity index (χ3n) is 6.29. The minimum atomic E-state index is -0.367. The molecule has 0 fully saturated rings. The van der Waals surface area contributed by atoms with Crippen LogP contribution < -0.4 is 10.1 Å². The summed E-state index contributed by atoms with van der Waals surface area (Å²) in [5.74, 6) is 1.00. The monoisotopic (exact) mass is 554 g/mol. The Bertz CT molecular complexity index is 1310. The Labute approximate surface area is 231 Å². The maximum Gasteiger partial charge on any atom is 0.341 e. The number of aromatic nitrogens is 3. The summed E-state index contributed by atoms with van der Waals surface area (Å²) in [6, 6.07) is 6.07. The van der Waals surface area contributed by atoms with Crippen LogP contribution in [-0.4, -0.2) is 39.0 Å². The van der Waals surface area contributed by atoms with Gasteiger partial charge in [-0.05, 0) is 69.2 Å². The van der Waals surface area contributed by atoms with Crippen LogP contribution in [0.4, 0.5) is 5.00 Å².